The largest absolute Gasteiger partial charge is 0.455 e. The molecule has 0 radical (unpaired) electrons. The quantitative estimate of drug-likeness (QED) is 0.629. The second kappa shape index (κ2) is 7.58. The zero-order chi connectivity index (χ0) is 17.9. The molecule has 0 unspecified atom stereocenters. The summed E-state index contributed by atoms with van der Waals surface area (Å²) in [4.78, 5) is 11.9. The van der Waals surface area contributed by atoms with Crippen LogP contribution in [-0.4, -0.2) is 31.1 Å². The van der Waals surface area contributed by atoms with E-state index in [9.17, 15) is 4.79 Å². The molecule has 3 rings (SSSR count). The fourth-order valence-corrected chi connectivity index (χ4v) is 2.81. The van der Waals surface area contributed by atoms with E-state index in [1.165, 1.54) is 6.21 Å². The fourth-order valence-electron chi connectivity index (χ4n) is 2.42. The van der Waals surface area contributed by atoms with Crippen LogP contribution in [0.3, 0.4) is 0 Å². The van der Waals surface area contributed by atoms with Crippen LogP contribution in [0.15, 0.2) is 39.9 Å². The Morgan fingerprint density at radius 1 is 1.28 bits per heavy atom. The van der Waals surface area contributed by atoms with Crippen molar-refractivity contribution in [1.29, 1.82) is 0 Å². The maximum absolute atomic E-state index is 11.9. The van der Waals surface area contributed by atoms with Gasteiger partial charge in [-0.3, -0.25) is 4.79 Å². The molecule has 1 fully saturated rings. The van der Waals surface area contributed by atoms with Crippen LogP contribution < -0.4 is 5.43 Å². The Balaban J connectivity index is 1.60. The van der Waals surface area contributed by atoms with Gasteiger partial charge in [0.1, 0.15) is 11.5 Å². The van der Waals surface area contributed by atoms with E-state index < -0.39 is 5.79 Å². The average molecular weight is 383 g/mol. The van der Waals surface area contributed by atoms with Gasteiger partial charge in [-0.25, -0.2) is 5.43 Å². The molecule has 8 heteroatoms. The van der Waals surface area contributed by atoms with E-state index >= 15 is 0 Å². The number of carbonyl (C=O) groups is 1. The second-order valence-electron chi connectivity index (χ2n) is 5.60. The molecule has 1 aromatic carbocycles. The molecule has 2 aromatic rings. The molecule has 1 aromatic heterocycles. The third-order valence-corrected chi connectivity index (χ3v) is 4.42. The lowest BCUT2D eigenvalue weighted by molar-refractivity contribution is -0.159. The molecule has 6 nitrogen and oxygen atoms in total. The normalized spacial score (nSPS) is 16.4. The molecule has 25 heavy (non-hydrogen) atoms. The maximum atomic E-state index is 11.9. The number of hydrogen-bond donors (Lipinski definition) is 1. The fraction of sp³-hybridized carbons (Fsp3) is 0.294. The van der Waals surface area contributed by atoms with Crippen LogP contribution in [0.2, 0.25) is 10.0 Å². The van der Waals surface area contributed by atoms with Gasteiger partial charge in [0.2, 0.25) is 5.91 Å². The van der Waals surface area contributed by atoms with Crippen molar-refractivity contribution in [1.82, 2.24) is 5.43 Å². The van der Waals surface area contributed by atoms with E-state index in [1.807, 2.05) is 0 Å². The summed E-state index contributed by atoms with van der Waals surface area (Å²) in [6, 6.07) is 8.76. The summed E-state index contributed by atoms with van der Waals surface area (Å²) in [7, 11) is 0. The summed E-state index contributed by atoms with van der Waals surface area (Å²) in [6.45, 7) is 2.68. The van der Waals surface area contributed by atoms with Gasteiger partial charge in [-0.15, -0.1) is 0 Å². The van der Waals surface area contributed by atoms with E-state index in [1.54, 1.807) is 37.3 Å². The minimum absolute atomic E-state index is 0.0614. The van der Waals surface area contributed by atoms with Gasteiger partial charge in [0.15, 0.2) is 5.79 Å². The van der Waals surface area contributed by atoms with Crippen LogP contribution in [-0.2, 0) is 14.3 Å². The Morgan fingerprint density at radius 2 is 2.04 bits per heavy atom. The monoisotopic (exact) mass is 382 g/mol. The summed E-state index contributed by atoms with van der Waals surface area (Å²) in [5.41, 5.74) is 3.10. The number of amides is 1. The van der Waals surface area contributed by atoms with Crippen molar-refractivity contribution in [2.75, 3.05) is 13.2 Å². The Morgan fingerprint density at radius 3 is 2.80 bits per heavy atom. The third-order valence-electron chi connectivity index (χ3n) is 3.60. The molecule has 1 aliphatic heterocycles. The van der Waals surface area contributed by atoms with E-state index in [-0.39, 0.29) is 12.3 Å². The van der Waals surface area contributed by atoms with Gasteiger partial charge >= 0.3 is 0 Å². The van der Waals surface area contributed by atoms with Crippen molar-refractivity contribution in [2.45, 2.75) is 19.1 Å². The van der Waals surface area contributed by atoms with Gasteiger partial charge in [-0.05, 0) is 31.2 Å². The zero-order valence-electron chi connectivity index (χ0n) is 13.4. The van der Waals surface area contributed by atoms with E-state index in [0.29, 0.717) is 40.3 Å². The van der Waals surface area contributed by atoms with Gasteiger partial charge in [0.25, 0.3) is 0 Å². The van der Waals surface area contributed by atoms with Gasteiger partial charge in [0.05, 0.1) is 35.9 Å². The summed E-state index contributed by atoms with van der Waals surface area (Å²) in [6.07, 6.45) is 1.46. The first-order chi connectivity index (χ1) is 12.0. The molecule has 132 valence electrons. The van der Waals surface area contributed by atoms with Gasteiger partial charge in [-0.2, -0.15) is 5.10 Å². The van der Waals surface area contributed by atoms with E-state index in [4.69, 9.17) is 37.1 Å². The number of carbonyl (C=O) groups excluding carboxylic acids is 1. The Labute approximate surface area is 154 Å². The highest BCUT2D eigenvalue weighted by atomic mass is 35.5. The summed E-state index contributed by atoms with van der Waals surface area (Å²) < 4.78 is 16.4. The van der Waals surface area contributed by atoms with Crippen LogP contribution in [0.1, 0.15) is 19.1 Å². The number of nitrogens with zero attached hydrogens (tertiary/aromatic N) is 1. The van der Waals surface area contributed by atoms with Crippen molar-refractivity contribution >= 4 is 35.3 Å². The number of ether oxygens (including phenoxy) is 2. The minimum Gasteiger partial charge on any atom is -0.455 e. The molecule has 0 aliphatic carbocycles. The number of nitrogens with one attached hydrogen (secondary N) is 1. The topological polar surface area (TPSA) is 73.1 Å². The lowest BCUT2D eigenvalue weighted by Gasteiger charge is -2.20. The highest BCUT2D eigenvalue weighted by Gasteiger charge is 2.33. The van der Waals surface area contributed by atoms with Crippen LogP contribution in [0, 0.1) is 0 Å². The molecule has 0 bridgehead atoms. The third kappa shape index (κ3) is 4.41. The second-order valence-corrected chi connectivity index (χ2v) is 6.39. The maximum Gasteiger partial charge on any atom is 0.245 e. The van der Waals surface area contributed by atoms with Gasteiger partial charge in [0, 0.05) is 5.56 Å². The molecule has 2 heterocycles. The van der Waals surface area contributed by atoms with Crippen molar-refractivity contribution in [3.05, 3.63) is 46.1 Å². The standard InChI is InChI=1S/C17H16Cl2N2O4/c1-17(23-7-8-24-17)9-15(22)21-20-10-11-5-6-14(25-11)12-3-2-4-13(18)16(12)19/h2-6,10H,7-9H2,1H3,(H,21,22). The molecular weight excluding hydrogens is 367 g/mol. The van der Waals surface area contributed by atoms with Crippen LogP contribution in [0.5, 0.6) is 0 Å². The van der Waals surface area contributed by atoms with Gasteiger partial charge < -0.3 is 13.9 Å². The Kier molecular flexibility index (Phi) is 5.44. The number of furan rings is 1. The van der Waals surface area contributed by atoms with Crippen LogP contribution >= 0.6 is 23.2 Å². The smallest absolute Gasteiger partial charge is 0.245 e. The number of hydrazone groups is 1. The van der Waals surface area contributed by atoms with Crippen molar-refractivity contribution in [3.8, 4) is 11.3 Å². The number of halogens is 2. The first-order valence-corrected chi connectivity index (χ1v) is 8.36. The Bertz CT molecular complexity index is 798. The van der Waals surface area contributed by atoms with E-state index in [0.717, 1.165) is 0 Å². The van der Waals surface area contributed by atoms with Crippen molar-refractivity contribution in [3.63, 3.8) is 0 Å². The highest BCUT2D eigenvalue weighted by molar-refractivity contribution is 6.43. The van der Waals surface area contributed by atoms with Gasteiger partial charge in [-0.1, -0.05) is 29.3 Å². The molecule has 0 saturated carbocycles. The molecule has 1 saturated heterocycles. The minimum atomic E-state index is -0.888. The summed E-state index contributed by atoms with van der Waals surface area (Å²) in [5.74, 6) is -0.183. The van der Waals surface area contributed by atoms with Crippen LogP contribution in [0.25, 0.3) is 11.3 Å². The molecule has 1 amide bonds. The zero-order valence-corrected chi connectivity index (χ0v) is 14.9. The molecule has 0 spiro atoms. The SMILES string of the molecule is CC1(CC(=O)NN=Cc2ccc(-c3cccc(Cl)c3Cl)o2)OCCO1. The predicted molar refractivity (Wildman–Crippen MR) is 94.8 cm³/mol. The first kappa shape index (κ1) is 17.9. The molecule has 1 aliphatic rings. The lowest BCUT2D eigenvalue weighted by Crippen LogP contribution is -2.33. The average Bonchev–Trinajstić information content (AvgIpc) is 3.19. The summed E-state index contributed by atoms with van der Waals surface area (Å²) >= 11 is 12.2. The number of hydrogen-bond acceptors (Lipinski definition) is 5. The van der Waals surface area contributed by atoms with Crippen LogP contribution in [0.4, 0.5) is 0 Å². The predicted octanol–water partition coefficient (Wildman–Crippen LogP) is 3.86. The lowest BCUT2D eigenvalue weighted by atomic mass is 10.2. The number of benzene rings is 1. The highest BCUT2D eigenvalue weighted by Crippen LogP contribution is 2.34. The van der Waals surface area contributed by atoms with Crippen molar-refractivity contribution in [2.24, 2.45) is 5.10 Å². The molecule has 1 N–H and O–H groups in total. The Hall–Kier alpha value is -1.86. The van der Waals surface area contributed by atoms with E-state index in [2.05, 4.69) is 10.5 Å². The number of rotatable bonds is 5. The molecule has 0 atom stereocenters. The summed E-state index contributed by atoms with van der Waals surface area (Å²) in [5, 5.41) is 4.74. The first-order valence-electron chi connectivity index (χ1n) is 7.61. The van der Waals surface area contributed by atoms with Crippen molar-refractivity contribution < 1.29 is 18.7 Å². The molecular formula is C17H16Cl2N2O4.